The minimum absolute atomic E-state index is 0.0312. The second-order valence-electron chi connectivity index (χ2n) is 7.11. The van der Waals surface area contributed by atoms with Crippen molar-refractivity contribution in [3.63, 3.8) is 0 Å². The van der Waals surface area contributed by atoms with E-state index in [2.05, 4.69) is 9.88 Å². The standard InChI is InChI=1S/C21H24N4O2S/c1-28-18-6-4-5-17(14-18)25-15-16(13-20(25)26)21(27)24-11-9-23(10-12-24)19-7-2-3-8-22-19/h2-8,14,16H,9-13,15H2,1H3/t16-/m0/s1. The average molecular weight is 397 g/mol. The molecule has 2 fully saturated rings. The molecule has 0 radical (unpaired) electrons. The zero-order valence-electron chi connectivity index (χ0n) is 16.0. The molecule has 6 nitrogen and oxygen atoms in total. The van der Waals surface area contributed by atoms with Crippen LogP contribution in [0.25, 0.3) is 0 Å². The van der Waals surface area contributed by atoms with Gasteiger partial charge in [0, 0.05) is 55.9 Å². The molecule has 0 spiro atoms. The molecule has 0 N–H and O–H groups in total. The maximum atomic E-state index is 13.0. The van der Waals surface area contributed by atoms with Crippen molar-refractivity contribution in [1.29, 1.82) is 0 Å². The number of benzene rings is 1. The van der Waals surface area contributed by atoms with Gasteiger partial charge in [-0.3, -0.25) is 9.59 Å². The van der Waals surface area contributed by atoms with Crippen LogP contribution in [-0.2, 0) is 9.59 Å². The normalized spacial score (nSPS) is 20.0. The maximum absolute atomic E-state index is 13.0. The van der Waals surface area contributed by atoms with E-state index in [1.165, 1.54) is 0 Å². The minimum atomic E-state index is -0.258. The number of thioether (sulfide) groups is 1. The molecule has 0 aliphatic carbocycles. The highest BCUT2D eigenvalue weighted by atomic mass is 32.2. The molecule has 4 rings (SSSR count). The summed E-state index contributed by atoms with van der Waals surface area (Å²) in [6.45, 7) is 3.34. The van der Waals surface area contributed by atoms with Gasteiger partial charge in [-0.1, -0.05) is 12.1 Å². The van der Waals surface area contributed by atoms with Crippen molar-refractivity contribution in [1.82, 2.24) is 9.88 Å². The molecular weight excluding hydrogens is 372 g/mol. The molecule has 28 heavy (non-hydrogen) atoms. The third-order valence-corrected chi connectivity index (χ3v) is 6.13. The molecule has 7 heteroatoms. The lowest BCUT2D eigenvalue weighted by Gasteiger charge is -2.36. The lowest BCUT2D eigenvalue weighted by atomic mass is 10.1. The number of hydrogen-bond donors (Lipinski definition) is 0. The van der Waals surface area contributed by atoms with Crippen LogP contribution in [0.1, 0.15) is 6.42 Å². The zero-order chi connectivity index (χ0) is 19.5. The van der Waals surface area contributed by atoms with Crippen molar-refractivity contribution in [2.45, 2.75) is 11.3 Å². The number of amides is 2. The molecule has 1 aromatic heterocycles. The van der Waals surface area contributed by atoms with Crippen LogP contribution in [0.15, 0.2) is 53.6 Å². The van der Waals surface area contributed by atoms with Crippen LogP contribution < -0.4 is 9.80 Å². The summed E-state index contributed by atoms with van der Waals surface area (Å²) in [5, 5.41) is 0. The predicted molar refractivity (Wildman–Crippen MR) is 112 cm³/mol. The Morgan fingerprint density at radius 2 is 1.93 bits per heavy atom. The van der Waals surface area contributed by atoms with E-state index in [9.17, 15) is 9.59 Å². The van der Waals surface area contributed by atoms with Gasteiger partial charge in [-0.15, -0.1) is 11.8 Å². The Labute approximate surface area is 169 Å². The summed E-state index contributed by atoms with van der Waals surface area (Å²) in [4.78, 5) is 36.9. The van der Waals surface area contributed by atoms with Crippen LogP contribution in [0.5, 0.6) is 0 Å². The van der Waals surface area contributed by atoms with Gasteiger partial charge < -0.3 is 14.7 Å². The Hall–Kier alpha value is -2.54. The van der Waals surface area contributed by atoms with E-state index in [1.807, 2.05) is 53.6 Å². The molecule has 0 bridgehead atoms. The Morgan fingerprint density at radius 3 is 2.64 bits per heavy atom. The van der Waals surface area contributed by atoms with E-state index >= 15 is 0 Å². The molecule has 3 heterocycles. The van der Waals surface area contributed by atoms with Gasteiger partial charge in [0.2, 0.25) is 11.8 Å². The zero-order valence-corrected chi connectivity index (χ0v) is 16.8. The Kier molecular flexibility index (Phi) is 5.52. The summed E-state index contributed by atoms with van der Waals surface area (Å²) < 4.78 is 0. The highest BCUT2D eigenvalue weighted by Gasteiger charge is 2.38. The van der Waals surface area contributed by atoms with E-state index in [1.54, 1.807) is 22.9 Å². The van der Waals surface area contributed by atoms with E-state index in [-0.39, 0.29) is 17.7 Å². The van der Waals surface area contributed by atoms with E-state index in [0.29, 0.717) is 26.1 Å². The van der Waals surface area contributed by atoms with Crippen LogP contribution in [0, 0.1) is 5.92 Å². The van der Waals surface area contributed by atoms with Gasteiger partial charge in [0.1, 0.15) is 5.82 Å². The van der Waals surface area contributed by atoms with Crippen molar-refractivity contribution in [2.75, 3.05) is 48.8 Å². The fourth-order valence-electron chi connectivity index (χ4n) is 3.86. The third kappa shape index (κ3) is 3.85. The Morgan fingerprint density at radius 1 is 1.11 bits per heavy atom. The van der Waals surface area contributed by atoms with Crippen LogP contribution in [0.4, 0.5) is 11.5 Å². The Bertz CT molecular complexity index is 852. The number of hydrogen-bond acceptors (Lipinski definition) is 5. The first-order valence-corrected chi connectivity index (χ1v) is 10.8. The monoisotopic (exact) mass is 396 g/mol. The molecule has 2 saturated heterocycles. The average Bonchev–Trinajstić information content (AvgIpc) is 3.15. The number of pyridine rings is 1. The van der Waals surface area contributed by atoms with Crippen LogP contribution >= 0.6 is 11.8 Å². The summed E-state index contributed by atoms with van der Waals surface area (Å²) in [7, 11) is 0. The highest BCUT2D eigenvalue weighted by molar-refractivity contribution is 7.98. The summed E-state index contributed by atoms with van der Waals surface area (Å²) in [5.41, 5.74) is 0.882. The van der Waals surface area contributed by atoms with Crippen LogP contribution in [0.2, 0.25) is 0 Å². The first-order chi connectivity index (χ1) is 13.7. The summed E-state index contributed by atoms with van der Waals surface area (Å²) in [5.74, 6) is 0.818. The molecule has 1 aromatic carbocycles. The van der Waals surface area contributed by atoms with Crippen molar-refractivity contribution >= 4 is 35.1 Å². The topological polar surface area (TPSA) is 56.8 Å². The molecule has 2 amide bonds. The second-order valence-corrected chi connectivity index (χ2v) is 7.99. The summed E-state index contributed by atoms with van der Waals surface area (Å²) >= 11 is 1.65. The molecule has 2 aliphatic rings. The SMILES string of the molecule is CSc1cccc(N2C[C@@H](C(=O)N3CCN(c4ccccn4)CC3)CC2=O)c1. The van der Waals surface area contributed by atoms with Crippen LogP contribution in [0.3, 0.4) is 0 Å². The quantitative estimate of drug-likeness (QED) is 0.744. The van der Waals surface area contributed by atoms with E-state index in [0.717, 1.165) is 29.5 Å². The smallest absolute Gasteiger partial charge is 0.228 e. The van der Waals surface area contributed by atoms with Gasteiger partial charge in [0.15, 0.2) is 0 Å². The maximum Gasteiger partial charge on any atom is 0.228 e. The number of aromatic nitrogens is 1. The number of anilines is 2. The van der Waals surface area contributed by atoms with Crippen molar-refractivity contribution < 1.29 is 9.59 Å². The highest BCUT2D eigenvalue weighted by Crippen LogP contribution is 2.29. The molecule has 0 saturated carbocycles. The minimum Gasteiger partial charge on any atom is -0.353 e. The van der Waals surface area contributed by atoms with Gasteiger partial charge >= 0.3 is 0 Å². The number of piperazine rings is 1. The summed E-state index contributed by atoms with van der Waals surface area (Å²) in [6, 6.07) is 13.8. The number of rotatable bonds is 4. The molecule has 0 unspecified atom stereocenters. The van der Waals surface area contributed by atoms with Gasteiger partial charge in [0.25, 0.3) is 0 Å². The number of carbonyl (C=O) groups is 2. The van der Waals surface area contributed by atoms with Gasteiger partial charge in [-0.05, 0) is 36.6 Å². The largest absolute Gasteiger partial charge is 0.353 e. The van der Waals surface area contributed by atoms with Gasteiger partial charge in [-0.25, -0.2) is 4.98 Å². The Balaban J connectivity index is 1.37. The molecule has 2 aromatic rings. The first-order valence-electron chi connectivity index (χ1n) is 9.55. The van der Waals surface area contributed by atoms with Crippen molar-refractivity contribution in [3.05, 3.63) is 48.7 Å². The second kappa shape index (κ2) is 8.22. The molecule has 146 valence electrons. The third-order valence-electron chi connectivity index (χ3n) is 5.40. The van der Waals surface area contributed by atoms with E-state index in [4.69, 9.17) is 0 Å². The van der Waals surface area contributed by atoms with E-state index < -0.39 is 0 Å². The fourth-order valence-corrected chi connectivity index (χ4v) is 4.31. The lowest BCUT2D eigenvalue weighted by Crippen LogP contribution is -2.51. The van der Waals surface area contributed by atoms with Crippen molar-refractivity contribution in [3.8, 4) is 0 Å². The lowest BCUT2D eigenvalue weighted by molar-refractivity contribution is -0.136. The van der Waals surface area contributed by atoms with Crippen LogP contribution in [-0.4, -0.2) is 60.7 Å². The summed E-state index contributed by atoms with van der Waals surface area (Å²) in [6.07, 6.45) is 4.10. The number of nitrogens with zero attached hydrogens (tertiary/aromatic N) is 4. The predicted octanol–water partition coefficient (Wildman–Crippen LogP) is 2.51. The first kappa shape index (κ1) is 18.8. The van der Waals surface area contributed by atoms with Gasteiger partial charge in [0.05, 0.1) is 5.92 Å². The van der Waals surface area contributed by atoms with Crippen molar-refractivity contribution in [2.24, 2.45) is 5.92 Å². The molecule has 2 aliphatic heterocycles. The molecule has 1 atom stereocenters. The van der Waals surface area contributed by atoms with Gasteiger partial charge in [-0.2, -0.15) is 0 Å². The fraction of sp³-hybridized carbons (Fsp3) is 0.381. The number of carbonyl (C=O) groups excluding carboxylic acids is 2. The molecular formula is C21H24N4O2S.